The molecule has 1 heterocycles. The van der Waals surface area contributed by atoms with Gasteiger partial charge in [0, 0.05) is 4.47 Å². The number of aryl methyl sites for hydroxylation is 1. The molecule has 1 aromatic carbocycles. The summed E-state index contributed by atoms with van der Waals surface area (Å²) in [5, 5.41) is 4.69. The average Bonchev–Trinajstić information content (AvgIpc) is 2.90. The first-order chi connectivity index (χ1) is 10.1. The summed E-state index contributed by atoms with van der Waals surface area (Å²) in [6.07, 6.45) is 2.35. The predicted molar refractivity (Wildman–Crippen MR) is 88.2 cm³/mol. The summed E-state index contributed by atoms with van der Waals surface area (Å²) in [5.41, 5.74) is 4.51. The smallest absolute Gasteiger partial charge is 0.350 e. The fourth-order valence-corrected chi connectivity index (χ4v) is 2.98. The van der Waals surface area contributed by atoms with Crippen molar-refractivity contribution in [1.82, 2.24) is 4.98 Å². The zero-order valence-corrected chi connectivity index (χ0v) is 14.0. The number of hydrogen-bond acceptors (Lipinski definition) is 6. The first kappa shape index (κ1) is 15.7. The molecule has 1 N–H and O–H groups in total. The fourth-order valence-electron chi connectivity index (χ4n) is 1.64. The van der Waals surface area contributed by atoms with Crippen molar-refractivity contribution in [1.29, 1.82) is 0 Å². The minimum absolute atomic E-state index is 0.367. The second-order valence-corrected chi connectivity index (χ2v) is 5.98. The molecule has 21 heavy (non-hydrogen) atoms. The fraction of sp³-hybridized carbons (Fsp3) is 0.214. The van der Waals surface area contributed by atoms with Crippen LogP contribution in [0.15, 0.2) is 33.8 Å². The second-order valence-electron chi connectivity index (χ2n) is 4.06. The number of esters is 1. The Balaban J connectivity index is 2.10. The summed E-state index contributed by atoms with van der Waals surface area (Å²) in [5.74, 6) is -0.367. The lowest BCUT2D eigenvalue weighted by Gasteiger charge is -1.95. The van der Waals surface area contributed by atoms with Crippen molar-refractivity contribution in [3.05, 3.63) is 44.9 Å². The van der Waals surface area contributed by atoms with Crippen LogP contribution >= 0.6 is 27.3 Å². The molecule has 2 aromatic rings. The number of carbonyl (C=O) groups excluding carboxylic acids is 1. The molecule has 0 atom stereocenters. The monoisotopic (exact) mass is 367 g/mol. The highest BCUT2D eigenvalue weighted by Crippen LogP contribution is 2.24. The van der Waals surface area contributed by atoms with E-state index in [0.717, 1.165) is 10.0 Å². The van der Waals surface area contributed by atoms with Gasteiger partial charge in [0.1, 0.15) is 4.88 Å². The van der Waals surface area contributed by atoms with E-state index in [2.05, 4.69) is 31.4 Å². The van der Waals surface area contributed by atoms with Gasteiger partial charge in [-0.1, -0.05) is 46.3 Å². The molecule has 5 nitrogen and oxygen atoms in total. The largest absolute Gasteiger partial charge is 0.465 e. The van der Waals surface area contributed by atoms with Crippen LogP contribution in [0.5, 0.6) is 0 Å². The Bertz CT molecular complexity index is 670. The van der Waals surface area contributed by atoms with Crippen molar-refractivity contribution in [2.24, 2.45) is 5.10 Å². The van der Waals surface area contributed by atoms with Gasteiger partial charge in [0.15, 0.2) is 0 Å². The summed E-state index contributed by atoms with van der Waals surface area (Å²) in [4.78, 5) is 16.5. The van der Waals surface area contributed by atoms with Crippen molar-refractivity contribution in [2.45, 2.75) is 13.3 Å². The van der Waals surface area contributed by atoms with Crippen molar-refractivity contribution >= 4 is 44.6 Å². The van der Waals surface area contributed by atoms with Gasteiger partial charge in [-0.3, -0.25) is 5.43 Å². The normalized spacial score (nSPS) is 10.8. The van der Waals surface area contributed by atoms with Gasteiger partial charge >= 0.3 is 5.97 Å². The molecule has 0 amide bonds. The van der Waals surface area contributed by atoms with E-state index >= 15 is 0 Å². The molecular formula is C14H14BrN3O2S. The van der Waals surface area contributed by atoms with E-state index in [0.29, 0.717) is 22.1 Å². The highest BCUT2D eigenvalue weighted by molar-refractivity contribution is 9.10. The minimum atomic E-state index is -0.367. The number of aromatic nitrogens is 1. The Kier molecular flexibility index (Phi) is 5.46. The number of rotatable bonds is 5. The third-order valence-corrected chi connectivity index (χ3v) is 4.10. The molecule has 0 unspecified atom stereocenters. The van der Waals surface area contributed by atoms with Crippen molar-refractivity contribution in [2.75, 3.05) is 12.5 Å². The van der Waals surface area contributed by atoms with Gasteiger partial charge in [-0.2, -0.15) is 5.10 Å². The van der Waals surface area contributed by atoms with Gasteiger partial charge < -0.3 is 4.74 Å². The average molecular weight is 368 g/mol. The first-order valence-corrected chi connectivity index (χ1v) is 7.87. The predicted octanol–water partition coefficient (Wildman–Crippen LogP) is 3.70. The van der Waals surface area contributed by atoms with Crippen LogP contribution in [0.3, 0.4) is 0 Å². The lowest BCUT2D eigenvalue weighted by atomic mass is 10.2. The summed E-state index contributed by atoms with van der Waals surface area (Å²) in [7, 11) is 1.36. The molecule has 2 rings (SSSR count). The molecular weight excluding hydrogens is 354 g/mol. The number of nitrogens with zero attached hydrogens (tertiary/aromatic N) is 2. The van der Waals surface area contributed by atoms with Crippen LogP contribution in [0.2, 0.25) is 0 Å². The Morgan fingerprint density at radius 2 is 2.38 bits per heavy atom. The number of benzene rings is 1. The molecule has 0 aliphatic carbocycles. The SMILES string of the molecule is CCc1nc(N/N=C\c2cccc(Br)c2)sc1C(=O)OC. The molecule has 110 valence electrons. The number of carbonyl (C=O) groups is 1. The Labute approximate surface area is 135 Å². The summed E-state index contributed by atoms with van der Waals surface area (Å²) in [6, 6.07) is 7.76. The number of nitrogens with one attached hydrogen (secondary N) is 1. The van der Waals surface area contributed by atoms with Gasteiger partial charge in [-0.05, 0) is 24.1 Å². The molecule has 0 saturated carbocycles. The summed E-state index contributed by atoms with van der Waals surface area (Å²) >= 11 is 4.64. The number of hydrogen-bond donors (Lipinski definition) is 1. The molecule has 7 heteroatoms. The minimum Gasteiger partial charge on any atom is -0.465 e. The third-order valence-electron chi connectivity index (χ3n) is 2.63. The van der Waals surface area contributed by atoms with Crippen molar-refractivity contribution in [3.63, 3.8) is 0 Å². The van der Waals surface area contributed by atoms with Crippen LogP contribution in [0.25, 0.3) is 0 Å². The van der Waals surface area contributed by atoms with Gasteiger partial charge in [-0.15, -0.1) is 0 Å². The lowest BCUT2D eigenvalue weighted by Crippen LogP contribution is -2.01. The highest BCUT2D eigenvalue weighted by Gasteiger charge is 2.17. The Hall–Kier alpha value is -1.73. The molecule has 1 aromatic heterocycles. The zero-order chi connectivity index (χ0) is 15.2. The number of ether oxygens (including phenoxy) is 1. The first-order valence-electron chi connectivity index (χ1n) is 6.26. The number of anilines is 1. The molecule has 0 aliphatic rings. The third kappa shape index (κ3) is 4.12. The summed E-state index contributed by atoms with van der Waals surface area (Å²) < 4.78 is 5.73. The maximum atomic E-state index is 11.6. The Morgan fingerprint density at radius 3 is 3.05 bits per heavy atom. The van der Waals surface area contributed by atoms with E-state index in [-0.39, 0.29) is 5.97 Å². The van der Waals surface area contributed by atoms with Crippen molar-refractivity contribution in [3.8, 4) is 0 Å². The van der Waals surface area contributed by atoms with E-state index < -0.39 is 0 Å². The van der Waals surface area contributed by atoms with Gasteiger partial charge in [0.25, 0.3) is 0 Å². The quantitative estimate of drug-likeness (QED) is 0.497. The van der Waals surface area contributed by atoms with E-state index in [4.69, 9.17) is 4.74 Å². The van der Waals surface area contributed by atoms with Crippen LogP contribution in [-0.2, 0) is 11.2 Å². The van der Waals surface area contributed by atoms with Crippen LogP contribution in [0, 0.1) is 0 Å². The molecule has 0 bridgehead atoms. The molecule has 0 spiro atoms. The molecule has 0 radical (unpaired) electrons. The van der Waals surface area contributed by atoms with Gasteiger partial charge in [-0.25, -0.2) is 9.78 Å². The van der Waals surface area contributed by atoms with E-state index in [1.165, 1.54) is 18.4 Å². The van der Waals surface area contributed by atoms with Gasteiger partial charge in [0.2, 0.25) is 5.13 Å². The molecule has 0 fully saturated rings. The number of methoxy groups -OCH3 is 1. The van der Waals surface area contributed by atoms with E-state index in [1.807, 2.05) is 31.2 Å². The van der Waals surface area contributed by atoms with E-state index in [9.17, 15) is 4.79 Å². The molecule has 0 aliphatic heterocycles. The Morgan fingerprint density at radius 1 is 1.57 bits per heavy atom. The molecule has 0 saturated heterocycles. The second kappa shape index (κ2) is 7.33. The maximum Gasteiger partial charge on any atom is 0.350 e. The van der Waals surface area contributed by atoms with Gasteiger partial charge in [0.05, 0.1) is 19.0 Å². The zero-order valence-electron chi connectivity index (χ0n) is 11.6. The highest BCUT2D eigenvalue weighted by atomic mass is 79.9. The summed E-state index contributed by atoms with van der Waals surface area (Å²) in [6.45, 7) is 1.94. The van der Waals surface area contributed by atoms with Crippen LogP contribution < -0.4 is 5.43 Å². The van der Waals surface area contributed by atoms with E-state index in [1.54, 1.807) is 6.21 Å². The number of halogens is 1. The maximum absolute atomic E-state index is 11.6. The van der Waals surface area contributed by atoms with Crippen LogP contribution in [0.4, 0.5) is 5.13 Å². The number of thiazole rings is 1. The lowest BCUT2D eigenvalue weighted by molar-refractivity contribution is 0.0605. The van der Waals surface area contributed by atoms with Crippen LogP contribution in [-0.4, -0.2) is 24.3 Å². The number of hydrazone groups is 1. The topological polar surface area (TPSA) is 63.6 Å². The van der Waals surface area contributed by atoms with Crippen LogP contribution in [0.1, 0.15) is 27.9 Å². The standard InChI is InChI=1S/C14H14BrN3O2S/c1-3-11-12(13(19)20-2)21-14(17-11)18-16-8-9-5-4-6-10(15)7-9/h4-8H,3H2,1-2H3,(H,17,18)/b16-8-. The van der Waals surface area contributed by atoms with Crippen molar-refractivity contribution < 1.29 is 9.53 Å².